The third-order valence-electron chi connectivity index (χ3n) is 5.21. The number of aromatic amines is 1. The van der Waals surface area contributed by atoms with E-state index in [-0.39, 0.29) is 17.3 Å². The van der Waals surface area contributed by atoms with Gasteiger partial charge in [0, 0.05) is 6.54 Å². The fraction of sp³-hybridized carbons (Fsp3) is 0.333. The summed E-state index contributed by atoms with van der Waals surface area (Å²) in [5.41, 5.74) is 3.79. The van der Waals surface area contributed by atoms with Crippen molar-refractivity contribution in [1.82, 2.24) is 19.5 Å². The largest absolute Gasteiger partial charge is 0.349 e. The van der Waals surface area contributed by atoms with Crippen molar-refractivity contribution < 1.29 is 4.39 Å². The first-order valence-electron chi connectivity index (χ1n) is 10.6. The van der Waals surface area contributed by atoms with Crippen molar-refractivity contribution in [1.29, 1.82) is 0 Å². The van der Waals surface area contributed by atoms with Crippen LogP contribution in [0.3, 0.4) is 0 Å². The van der Waals surface area contributed by atoms with Gasteiger partial charge in [0.15, 0.2) is 11.5 Å². The van der Waals surface area contributed by atoms with E-state index in [2.05, 4.69) is 21.9 Å². The van der Waals surface area contributed by atoms with E-state index in [4.69, 9.17) is 0 Å². The van der Waals surface area contributed by atoms with Gasteiger partial charge >= 0.3 is 5.69 Å². The Balaban J connectivity index is 0.00000132. The van der Waals surface area contributed by atoms with Gasteiger partial charge in [-0.25, -0.2) is 14.2 Å². The molecule has 0 saturated heterocycles. The second-order valence-electron chi connectivity index (χ2n) is 7.16. The second-order valence-corrected chi connectivity index (χ2v) is 7.16. The molecule has 162 valence electrons. The first-order chi connectivity index (χ1) is 15.0. The third-order valence-corrected chi connectivity index (χ3v) is 5.21. The summed E-state index contributed by atoms with van der Waals surface area (Å²) < 4.78 is 15.0. The summed E-state index contributed by atoms with van der Waals surface area (Å²) >= 11 is 0. The molecule has 4 rings (SSSR count). The van der Waals surface area contributed by atoms with E-state index in [0.29, 0.717) is 12.1 Å². The lowest BCUT2D eigenvalue weighted by Crippen LogP contribution is -2.29. The summed E-state index contributed by atoms with van der Waals surface area (Å²) in [6.07, 6.45) is 2.33. The maximum Gasteiger partial charge on any atom is 0.349 e. The summed E-state index contributed by atoms with van der Waals surface area (Å²) in [4.78, 5) is 34.9. The van der Waals surface area contributed by atoms with E-state index in [9.17, 15) is 14.0 Å². The van der Waals surface area contributed by atoms with Crippen LogP contribution in [0, 0.1) is 12.7 Å². The zero-order valence-corrected chi connectivity index (χ0v) is 18.3. The molecular formula is C24H27FN4O2. The van der Waals surface area contributed by atoms with Crippen LogP contribution < -0.4 is 11.2 Å². The molecule has 0 spiro atoms. The minimum Gasteiger partial charge on any atom is -0.322 e. The SMILES string of the molecule is CC.CCc1cc2nc3c(=O)[nH]c(=O)nc-3n(CCCc3ccc(F)cc3)c2cc1C. The molecule has 7 heteroatoms. The fourth-order valence-electron chi connectivity index (χ4n) is 3.69. The minimum absolute atomic E-state index is 0.157. The first kappa shape index (κ1) is 22.3. The third kappa shape index (κ3) is 4.71. The highest BCUT2D eigenvalue weighted by Crippen LogP contribution is 2.25. The predicted octanol–water partition coefficient (Wildman–Crippen LogP) is 4.25. The van der Waals surface area contributed by atoms with Crippen molar-refractivity contribution >= 4 is 11.0 Å². The molecule has 0 aliphatic carbocycles. The standard InChI is InChI=1S/C22H21FN4O2.C2H6/c1-3-15-12-17-18(11-13(15)2)27(10-4-5-14-6-8-16(23)9-7-14)20-19(24-17)21(28)26-22(29)25-20;1-2/h6-9,11-12H,3-5,10H2,1-2H3,(H,26,28,29);1-2H3. The van der Waals surface area contributed by atoms with Crippen molar-refractivity contribution in [2.24, 2.45) is 0 Å². The van der Waals surface area contributed by atoms with Gasteiger partial charge in [0.25, 0.3) is 5.56 Å². The molecule has 0 unspecified atom stereocenters. The quantitative estimate of drug-likeness (QED) is 0.488. The maximum atomic E-state index is 13.1. The van der Waals surface area contributed by atoms with E-state index in [1.54, 1.807) is 12.1 Å². The molecule has 0 saturated carbocycles. The Bertz CT molecular complexity index is 1280. The van der Waals surface area contributed by atoms with Crippen LogP contribution in [0.2, 0.25) is 0 Å². The lowest BCUT2D eigenvalue weighted by atomic mass is 10.0. The number of hydrogen-bond acceptors (Lipinski definition) is 4. The van der Waals surface area contributed by atoms with Crippen LogP contribution >= 0.6 is 0 Å². The number of aryl methyl sites for hydroxylation is 4. The summed E-state index contributed by atoms with van der Waals surface area (Å²) in [5.74, 6) is 0.0249. The highest BCUT2D eigenvalue weighted by molar-refractivity contribution is 5.81. The van der Waals surface area contributed by atoms with Crippen LogP contribution in [0.1, 0.15) is 43.9 Å². The average Bonchev–Trinajstić information content (AvgIpc) is 2.76. The van der Waals surface area contributed by atoms with Crippen molar-refractivity contribution in [3.63, 3.8) is 0 Å². The molecule has 1 N–H and O–H groups in total. The van der Waals surface area contributed by atoms with Crippen LogP contribution in [0.4, 0.5) is 4.39 Å². The lowest BCUT2D eigenvalue weighted by molar-refractivity contribution is 0.624. The maximum absolute atomic E-state index is 13.1. The number of halogens is 1. The van der Waals surface area contributed by atoms with Gasteiger partial charge in [-0.15, -0.1) is 0 Å². The Hall–Kier alpha value is -3.35. The number of benzene rings is 2. The van der Waals surface area contributed by atoms with Crippen LogP contribution in [0.5, 0.6) is 0 Å². The zero-order chi connectivity index (χ0) is 22.5. The molecular weight excluding hydrogens is 395 g/mol. The normalized spacial score (nSPS) is 10.9. The molecule has 2 aromatic rings. The van der Waals surface area contributed by atoms with E-state index in [1.165, 1.54) is 12.1 Å². The van der Waals surface area contributed by atoms with Gasteiger partial charge in [0.1, 0.15) is 5.82 Å². The average molecular weight is 423 g/mol. The van der Waals surface area contributed by atoms with Crippen LogP contribution in [-0.4, -0.2) is 19.5 Å². The molecule has 0 radical (unpaired) electrons. The topological polar surface area (TPSA) is 80.6 Å². The summed E-state index contributed by atoms with van der Waals surface area (Å²) in [6.45, 7) is 8.66. The molecule has 0 aromatic heterocycles. The zero-order valence-electron chi connectivity index (χ0n) is 18.3. The Morgan fingerprint density at radius 2 is 1.77 bits per heavy atom. The smallest absolute Gasteiger partial charge is 0.322 e. The molecule has 2 aliphatic heterocycles. The highest BCUT2D eigenvalue weighted by Gasteiger charge is 2.19. The Kier molecular flexibility index (Phi) is 6.95. The highest BCUT2D eigenvalue weighted by atomic mass is 19.1. The lowest BCUT2D eigenvalue weighted by Gasteiger charge is -2.18. The van der Waals surface area contributed by atoms with Gasteiger partial charge in [-0.1, -0.05) is 32.9 Å². The molecule has 6 nitrogen and oxygen atoms in total. The fourth-order valence-corrected chi connectivity index (χ4v) is 3.69. The number of H-pyrrole nitrogens is 1. The van der Waals surface area contributed by atoms with Crippen LogP contribution in [-0.2, 0) is 19.4 Å². The Morgan fingerprint density at radius 1 is 1.06 bits per heavy atom. The van der Waals surface area contributed by atoms with Gasteiger partial charge in [-0.3, -0.25) is 9.78 Å². The van der Waals surface area contributed by atoms with Gasteiger partial charge < -0.3 is 4.57 Å². The number of fused-ring (bicyclic) bond motifs is 2. The summed E-state index contributed by atoms with van der Waals surface area (Å²) in [7, 11) is 0. The van der Waals surface area contributed by atoms with E-state index < -0.39 is 11.2 Å². The minimum atomic E-state index is -0.683. The van der Waals surface area contributed by atoms with Gasteiger partial charge in [0.2, 0.25) is 0 Å². The molecule has 2 heterocycles. The number of aromatic nitrogens is 4. The van der Waals surface area contributed by atoms with Crippen LogP contribution in [0.15, 0.2) is 46.0 Å². The first-order valence-corrected chi connectivity index (χ1v) is 10.6. The van der Waals surface area contributed by atoms with Crippen molar-refractivity contribution in [2.75, 3.05) is 0 Å². The molecule has 2 aliphatic rings. The van der Waals surface area contributed by atoms with E-state index >= 15 is 0 Å². The molecule has 31 heavy (non-hydrogen) atoms. The second kappa shape index (κ2) is 9.64. The van der Waals surface area contributed by atoms with Crippen LogP contribution in [0.25, 0.3) is 22.6 Å². The molecule has 0 amide bonds. The van der Waals surface area contributed by atoms with Gasteiger partial charge in [-0.05, 0) is 67.1 Å². The molecule has 0 bridgehead atoms. The number of rotatable bonds is 5. The monoisotopic (exact) mass is 422 g/mol. The molecule has 0 fully saturated rings. The van der Waals surface area contributed by atoms with Gasteiger partial charge in [0.05, 0.1) is 11.0 Å². The summed E-state index contributed by atoms with van der Waals surface area (Å²) in [6, 6.07) is 10.4. The predicted molar refractivity (Wildman–Crippen MR) is 121 cm³/mol. The van der Waals surface area contributed by atoms with Crippen molar-refractivity contribution in [3.05, 3.63) is 79.7 Å². The van der Waals surface area contributed by atoms with Crippen molar-refractivity contribution in [3.8, 4) is 11.5 Å². The number of nitrogens with one attached hydrogen (secondary N) is 1. The van der Waals surface area contributed by atoms with E-state index in [1.807, 2.05) is 37.5 Å². The Morgan fingerprint density at radius 3 is 2.45 bits per heavy atom. The molecule has 0 atom stereocenters. The number of hydrogen-bond donors (Lipinski definition) is 1. The number of nitrogens with zero attached hydrogens (tertiary/aromatic N) is 3. The van der Waals surface area contributed by atoms with Gasteiger partial charge in [-0.2, -0.15) is 4.98 Å². The van der Waals surface area contributed by atoms with Crippen molar-refractivity contribution in [2.45, 2.75) is 53.5 Å². The summed E-state index contributed by atoms with van der Waals surface area (Å²) in [5, 5.41) is 0. The Labute approximate surface area is 180 Å². The molecule has 2 aromatic carbocycles. The van der Waals surface area contributed by atoms with E-state index in [0.717, 1.165) is 41.5 Å².